The van der Waals surface area contributed by atoms with Crippen LogP contribution in [0.3, 0.4) is 0 Å². The van der Waals surface area contributed by atoms with E-state index in [0.29, 0.717) is 11.5 Å². The van der Waals surface area contributed by atoms with Crippen molar-refractivity contribution in [3.8, 4) is 0 Å². The molecule has 1 saturated heterocycles. The summed E-state index contributed by atoms with van der Waals surface area (Å²) < 4.78 is 7.23. The lowest BCUT2D eigenvalue weighted by molar-refractivity contribution is -0.0948. The maximum atomic E-state index is 10.5. The Morgan fingerprint density at radius 3 is 2.86 bits per heavy atom. The van der Waals surface area contributed by atoms with Gasteiger partial charge in [0.25, 0.3) is 0 Å². The number of ether oxygens (including phenoxy) is 1. The lowest BCUT2D eigenvalue weighted by atomic mass is 9.96. The summed E-state index contributed by atoms with van der Waals surface area (Å²) in [6.07, 6.45) is 0.255. The zero-order chi connectivity index (χ0) is 15.2. The zero-order valence-corrected chi connectivity index (χ0v) is 11.8. The Bertz CT molecular complexity index is 657. The highest BCUT2D eigenvalue weighted by molar-refractivity contribution is 5.87. The smallest absolute Gasteiger partial charge is 0.167 e. The first-order valence-electron chi connectivity index (χ1n) is 6.66. The van der Waals surface area contributed by atoms with Gasteiger partial charge in [0.15, 0.2) is 6.23 Å². The van der Waals surface area contributed by atoms with Gasteiger partial charge >= 0.3 is 0 Å². The number of rotatable bonds is 3. The molecule has 0 bridgehead atoms. The van der Waals surface area contributed by atoms with Gasteiger partial charge < -0.3 is 29.9 Å². The second-order valence-corrected chi connectivity index (χ2v) is 5.31. The summed E-state index contributed by atoms with van der Waals surface area (Å²) in [6, 6.07) is 1.80. The van der Waals surface area contributed by atoms with Crippen LogP contribution < -0.4 is 5.32 Å². The first-order valence-corrected chi connectivity index (χ1v) is 6.66. The number of anilines is 1. The minimum absolute atomic E-state index is 0.371. The molecule has 3 rings (SSSR count). The Balaban J connectivity index is 2.09. The van der Waals surface area contributed by atoms with E-state index < -0.39 is 24.0 Å². The molecular weight excluding hydrogens is 276 g/mol. The highest BCUT2D eigenvalue weighted by Crippen LogP contribution is 2.39. The van der Waals surface area contributed by atoms with Gasteiger partial charge in [-0.1, -0.05) is 0 Å². The number of hydrogen-bond donors (Lipinski definition) is 4. The minimum Gasteiger partial charge on any atom is -0.394 e. The van der Waals surface area contributed by atoms with E-state index in [1.807, 2.05) is 0 Å². The molecule has 1 fully saturated rings. The Kier molecular flexibility index (Phi) is 3.33. The van der Waals surface area contributed by atoms with Crippen molar-refractivity contribution in [3.63, 3.8) is 0 Å². The number of nitrogens with zero attached hydrogens (tertiary/aromatic N) is 3. The minimum atomic E-state index is -1.54. The number of nitrogens with one attached hydrogen (secondary N) is 1. The van der Waals surface area contributed by atoms with Crippen LogP contribution >= 0.6 is 0 Å². The molecule has 1 unspecified atom stereocenters. The van der Waals surface area contributed by atoms with Crippen molar-refractivity contribution in [1.29, 1.82) is 0 Å². The van der Waals surface area contributed by atoms with Crippen LogP contribution in [0.5, 0.6) is 0 Å². The van der Waals surface area contributed by atoms with E-state index in [-0.39, 0.29) is 6.61 Å². The molecule has 2 aromatic heterocycles. The topological polar surface area (TPSA) is 113 Å². The molecule has 8 nitrogen and oxygen atoms in total. The second kappa shape index (κ2) is 4.92. The molecule has 0 spiro atoms. The zero-order valence-electron chi connectivity index (χ0n) is 11.8. The summed E-state index contributed by atoms with van der Waals surface area (Å²) in [7, 11) is 1.76. The molecule has 0 aromatic carbocycles. The van der Waals surface area contributed by atoms with E-state index in [9.17, 15) is 15.3 Å². The molecule has 21 heavy (non-hydrogen) atoms. The Morgan fingerprint density at radius 2 is 2.24 bits per heavy atom. The van der Waals surface area contributed by atoms with E-state index in [2.05, 4.69) is 15.3 Å². The Labute approximate surface area is 121 Å². The monoisotopic (exact) mass is 294 g/mol. The van der Waals surface area contributed by atoms with Gasteiger partial charge in [-0.2, -0.15) is 0 Å². The van der Waals surface area contributed by atoms with Crippen LogP contribution in [0.15, 0.2) is 18.6 Å². The summed E-state index contributed by atoms with van der Waals surface area (Å²) in [5, 5.41) is 33.6. The van der Waals surface area contributed by atoms with Gasteiger partial charge in [0.2, 0.25) is 0 Å². The number of hydrogen-bond acceptors (Lipinski definition) is 7. The van der Waals surface area contributed by atoms with Gasteiger partial charge in [-0.3, -0.25) is 0 Å². The van der Waals surface area contributed by atoms with Crippen molar-refractivity contribution >= 4 is 16.9 Å². The van der Waals surface area contributed by atoms with E-state index in [1.54, 1.807) is 23.9 Å². The van der Waals surface area contributed by atoms with Crippen LogP contribution in [0.2, 0.25) is 0 Å². The maximum absolute atomic E-state index is 10.5. The second-order valence-electron chi connectivity index (χ2n) is 5.31. The van der Waals surface area contributed by atoms with Crippen molar-refractivity contribution in [2.45, 2.75) is 31.0 Å². The number of aromatic nitrogens is 3. The molecule has 4 N–H and O–H groups in total. The number of fused-ring (bicyclic) bond motifs is 1. The average Bonchev–Trinajstić information content (AvgIpc) is 2.99. The fourth-order valence-electron chi connectivity index (χ4n) is 2.75. The Morgan fingerprint density at radius 1 is 1.48 bits per heavy atom. The summed E-state index contributed by atoms with van der Waals surface area (Å²) in [4.78, 5) is 8.33. The predicted octanol–water partition coefficient (Wildman–Crippen LogP) is -0.525. The number of aliphatic hydroxyl groups excluding tert-OH is 2. The predicted molar refractivity (Wildman–Crippen MR) is 74.7 cm³/mol. The molecular formula is C13H18N4O4. The van der Waals surface area contributed by atoms with E-state index in [1.165, 1.54) is 13.3 Å². The lowest BCUT2D eigenvalue weighted by Gasteiger charge is -2.27. The van der Waals surface area contributed by atoms with Gasteiger partial charge in [-0.25, -0.2) is 9.97 Å². The van der Waals surface area contributed by atoms with Crippen LogP contribution in [0.25, 0.3) is 11.0 Å². The van der Waals surface area contributed by atoms with Gasteiger partial charge in [0, 0.05) is 13.2 Å². The highest BCUT2D eigenvalue weighted by atomic mass is 16.6. The number of aliphatic hydroxyl groups is 3. The van der Waals surface area contributed by atoms with Crippen LogP contribution in [-0.2, 0) is 4.74 Å². The third-order valence-electron chi connectivity index (χ3n) is 3.93. The quantitative estimate of drug-likeness (QED) is 0.602. The van der Waals surface area contributed by atoms with Crippen molar-refractivity contribution in [2.24, 2.45) is 0 Å². The molecule has 8 heteroatoms. The first kappa shape index (κ1) is 14.2. The molecule has 3 heterocycles. The molecule has 114 valence electrons. The third-order valence-corrected chi connectivity index (χ3v) is 3.93. The summed E-state index contributed by atoms with van der Waals surface area (Å²) >= 11 is 0. The van der Waals surface area contributed by atoms with E-state index >= 15 is 0 Å². The largest absolute Gasteiger partial charge is 0.394 e. The fraction of sp³-hybridized carbons (Fsp3) is 0.538. The molecule has 0 radical (unpaired) electrons. The normalized spacial score (nSPS) is 32.7. The fourth-order valence-corrected chi connectivity index (χ4v) is 2.75. The molecule has 0 amide bonds. The van der Waals surface area contributed by atoms with Crippen molar-refractivity contribution < 1.29 is 20.1 Å². The molecule has 0 saturated carbocycles. The molecule has 2 aromatic rings. The van der Waals surface area contributed by atoms with Crippen molar-refractivity contribution in [2.75, 3.05) is 19.0 Å². The van der Waals surface area contributed by atoms with Gasteiger partial charge in [-0.15, -0.1) is 0 Å². The van der Waals surface area contributed by atoms with Gasteiger partial charge in [-0.05, 0) is 13.0 Å². The third kappa shape index (κ3) is 1.99. The first-order chi connectivity index (χ1) is 10.0. The van der Waals surface area contributed by atoms with Crippen LogP contribution in [0.1, 0.15) is 13.2 Å². The SMILES string of the molecule is CNc1ncnc2c1ccn2C1O[C@H](CO)[C@@H](O)[C@@]1(C)O. The van der Waals surface area contributed by atoms with Crippen LogP contribution in [-0.4, -0.2) is 61.3 Å². The lowest BCUT2D eigenvalue weighted by Crippen LogP contribution is -2.44. The standard InChI is InChI=1S/C13H18N4O4/c1-13(20)9(19)8(5-18)21-12(13)17-4-3-7-10(14-2)15-6-16-11(7)17/h3-4,6,8-9,12,18-20H,5H2,1-2H3,(H,14,15,16)/t8-,9-,12?,13-/m1/s1. The van der Waals surface area contributed by atoms with Gasteiger partial charge in [0.1, 0.15) is 35.6 Å². The maximum Gasteiger partial charge on any atom is 0.167 e. The van der Waals surface area contributed by atoms with Crippen molar-refractivity contribution in [1.82, 2.24) is 14.5 Å². The molecule has 4 atom stereocenters. The molecule has 0 aliphatic carbocycles. The van der Waals surface area contributed by atoms with E-state index in [0.717, 1.165) is 5.39 Å². The van der Waals surface area contributed by atoms with Crippen molar-refractivity contribution in [3.05, 3.63) is 18.6 Å². The highest BCUT2D eigenvalue weighted by Gasteiger charge is 2.53. The summed E-state index contributed by atoms with van der Waals surface area (Å²) in [6.45, 7) is 1.10. The Hall–Kier alpha value is -1.74. The average molecular weight is 294 g/mol. The van der Waals surface area contributed by atoms with Gasteiger partial charge in [0.05, 0.1) is 12.0 Å². The summed E-state index contributed by atoms with van der Waals surface area (Å²) in [5.74, 6) is 0.663. The molecule has 1 aliphatic rings. The van der Waals surface area contributed by atoms with Crippen LogP contribution in [0.4, 0.5) is 5.82 Å². The van der Waals surface area contributed by atoms with E-state index in [4.69, 9.17) is 4.74 Å². The van der Waals surface area contributed by atoms with Crippen LogP contribution in [0, 0.1) is 0 Å². The molecule has 1 aliphatic heterocycles. The summed E-state index contributed by atoms with van der Waals surface area (Å²) in [5.41, 5.74) is -0.963.